The molecule has 0 radical (unpaired) electrons. The molecule has 2 aromatic carbocycles. The largest absolute Gasteiger partial charge is 0.391 e. The van der Waals surface area contributed by atoms with E-state index in [0.29, 0.717) is 6.61 Å². The van der Waals surface area contributed by atoms with Crippen LogP contribution in [0.2, 0.25) is 0 Å². The molecule has 3 rings (SSSR count). The molecule has 2 nitrogen and oxygen atoms in total. The van der Waals surface area contributed by atoms with E-state index in [1.807, 2.05) is 36.4 Å². The van der Waals surface area contributed by atoms with Crippen LogP contribution in [-0.2, 0) is 28.6 Å². The van der Waals surface area contributed by atoms with E-state index in [1.165, 1.54) is 10.5 Å². The second-order valence-electron chi connectivity index (χ2n) is 3.90. The minimum Gasteiger partial charge on any atom is -0.391 e. The summed E-state index contributed by atoms with van der Waals surface area (Å²) in [6.07, 6.45) is 0. The van der Waals surface area contributed by atoms with Crippen LogP contribution in [-0.4, -0.2) is 5.11 Å². The number of rotatable bonds is 2. The average molecular weight is 245 g/mol. The first-order chi connectivity index (χ1) is 8.40. The van der Waals surface area contributed by atoms with Gasteiger partial charge < -0.3 is 5.11 Å². The normalized spacial score (nSPS) is 18.1. The molecule has 0 aliphatic carbocycles. The van der Waals surface area contributed by atoms with Crippen molar-refractivity contribution in [2.75, 3.05) is 0 Å². The number of hydrogen-bond acceptors (Lipinski definition) is 2. The van der Waals surface area contributed by atoms with Crippen molar-refractivity contribution in [3.05, 3.63) is 59.7 Å². The molecule has 0 saturated carbocycles. The van der Waals surface area contributed by atoms with Gasteiger partial charge in [0.25, 0.3) is 0 Å². The lowest BCUT2D eigenvalue weighted by molar-refractivity contribution is 0.278. The van der Waals surface area contributed by atoms with Crippen molar-refractivity contribution in [1.82, 2.24) is 0 Å². The lowest BCUT2D eigenvalue weighted by atomic mass is 10.2. The average Bonchev–Trinajstić information content (AvgIpc) is 2.82. The highest BCUT2D eigenvalue weighted by atomic mass is 32.2. The van der Waals surface area contributed by atoms with Gasteiger partial charge in [0, 0.05) is 11.1 Å². The van der Waals surface area contributed by atoms with Crippen molar-refractivity contribution < 1.29 is 9.29 Å². The smallest absolute Gasteiger partial charge is 0.224 e. The maximum atomic E-state index is 9.38. The van der Waals surface area contributed by atoms with E-state index < -0.39 is 0 Å². The van der Waals surface area contributed by atoms with E-state index in [9.17, 15) is 5.11 Å². The summed E-state index contributed by atoms with van der Waals surface area (Å²) in [6.45, 7) is 0.726. The molecule has 0 saturated heterocycles. The fourth-order valence-corrected chi connectivity index (χ4v) is 3.86. The van der Waals surface area contributed by atoms with E-state index in [4.69, 9.17) is 4.18 Å². The minimum atomic E-state index is -0.337. The van der Waals surface area contributed by atoms with Crippen molar-refractivity contribution in [2.24, 2.45) is 0 Å². The summed E-state index contributed by atoms with van der Waals surface area (Å²) < 4.78 is 5.87. The predicted octanol–water partition coefficient (Wildman–Crippen LogP) is 2.66. The number of aliphatic hydroxyl groups is 1. The Morgan fingerprint density at radius 3 is 2.53 bits per heavy atom. The Bertz CT molecular complexity index is 539. The fourth-order valence-electron chi connectivity index (χ4n) is 1.99. The first kappa shape index (κ1) is 10.8. The van der Waals surface area contributed by atoms with E-state index in [0.717, 1.165) is 10.5 Å². The monoisotopic (exact) mass is 245 g/mol. The van der Waals surface area contributed by atoms with Crippen LogP contribution < -0.4 is 0 Å². The molecule has 0 amide bonds. The summed E-state index contributed by atoms with van der Waals surface area (Å²) in [5.74, 6) is 0. The molecule has 1 heterocycles. The van der Waals surface area contributed by atoms with Crippen LogP contribution in [0, 0.1) is 0 Å². The highest BCUT2D eigenvalue weighted by molar-refractivity contribution is 7.92. The number of benzene rings is 2. The third-order valence-corrected chi connectivity index (χ3v) is 4.80. The summed E-state index contributed by atoms with van der Waals surface area (Å²) in [5, 5.41) is 9.38. The van der Waals surface area contributed by atoms with Crippen molar-refractivity contribution in [2.45, 2.75) is 23.0 Å². The van der Waals surface area contributed by atoms with Crippen LogP contribution in [0.3, 0.4) is 0 Å². The molecule has 1 aliphatic rings. The van der Waals surface area contributed by atoms with E-state index in [2.05, 4.69) is 12.1 Å². The van der Waals surface area contributed by atoms with E-state index >= 15 is 0 Å². The van der Waals surface area contributed by atoms with Crippen LogP contribution in [0.15, 0.2) is 58.3 Å². The maximum absolute atomic E-state index is 9.38. The molecule has 1 aliphatic heterocycles. The van der Waals surface area contributed by atoms with Gasteiger partial charge >= 0.3 is 0 Å². The predicted molar refractivity (Wildman–Crippen MR) is 67.5 cm³/mol. The molecule has 3 heteroatoms. The Kier molecular flexibility index (Phi) is 2.89. The highest BCUT2D eigenvalue weighted by Crippen LogP contribution is 2.35. The van der Waals surface area contributed by atoms with Gasteiger partial charge in [-0.25, -0.2) is 0 Å². The van der Waals surface area contributed by atoms with Crippen molar-refractivity contribution >= 4 is 11.2 Å². The van der Waals surface area contributed by atoms with Crippen LogP contribution in [0.4, 0.5) is 0 Å². The Morgan fingerprint density at radius 1 is 1.00 bits per heavy atom. The lowest BCUT2D eigenvalue weighted by Crippen LogP contribution is -2.04. The summed E-state index contributed by atoms with van der Waals surface area (Å²) in [4.78, 5) is 2.34. The standard InChI is InChI=1S/C14H13O2S/c15-9-11-5-1-3-7-13(11)17-14-8-4-2-6-12(14)10-16-17/h1-8,15H,9-10H2/q+1. The third kappa shape index (κ3) is 1.86. The van der Waals surface area contributed by atoms with Crippen LogP contribution >= 0.6 is 0 Å². The van der Waals surface area contributed by atoms with Crippen molar-refractivity contribution in [1.29, 1.82) is 0 Å². The van der Waals surface area contributed by atoms with Gasteiger partial charge in [-0.15, -0.1) is 0 Å². The molecular weight excluding hydrogens is 232 g/mol. The SMILES string of the molecule is OCc1ccccc1[S+]1OCc2ccccc21. The summed E-state index contributed by atoms with van der Waals surface area (Å²) in [6, 6.07) is 16.2. The van der Waals surface area contributed by atoms with Gasteiger partial charge in [-0.05, 0) is 12.1 Å². The zero-order valence-corrected chi connectivity index (χ0v) is 10.1. The highest BCUT2D eigenvalue weighted by Gasteiger charge is 2.38. The second-order valence-corrected chi connectivity index (χ2v) is 5.56. The second kappa shape index (κ2) is 4.53. The zero-order valence-electron chi connectivity index (χ0n) is 9.30. The topological polar surface area (TPSA) is 29.5 Å². The fraction of sp³-hybridized carbons (Fsp3) is 0.143. The molecule has 17 heavy (non-hydrogen) atoms. The van der Waals surface area contributed by atoms with Gasteiger partial charge in [-0.3, -0.25) is 0 Å². The zero-order chi connectivity index (χ0) is 11.7. The third-order valence-electron chi connectivity index (χ3n) is 2.85. The number of fused-ring (bicyclic) bond motifs is 1. The molecule has 1 atom stereocenters. The van der Waals surface area contributed by atoms with Crippen LogP contribution in [0.1, 0.15) is 11.1 Å². The quantitative estimate of drug-likeness (QED) is 0.824. The Morgan fingerprint density at radius 2 is 1.71 bits per heavy atom. The van der Waals surface area contributed by atoms with Gasteiger partial charge in [-0.2, -0.15) is 4.18 Å². The maximum Gasteiger partial charge on any atom is 0.224 e. The molecule has 0 bridgehead atoms. The molecule has 0 spiro atoms. The molecule has 2 aromatic rings. The lowest BCUT2D eigenvalue weighted by Gasteiger charge is -2.03. The molecule has 1 N–H and O–H groups in total. The Labute approximate surface area is 103 Å². The van der Waals surface area contributed by atoms with Gasteiger partial charge in [0.1, 0.15) is 6.61 Å². The van der Waals surface area contributed by atoms with Gasteiger partial charge in [-0.1, -0.05) is 36.4 Å². The number of aliphatic hydroxyl groups excluding tert-OH is 1. The van der Waals surface area contributed by atoms with Crippen molar-refractivity contribution in [3.63, 3.8) is 0 Å². The van der Waals surface area contributed by atoms with Crippen molar-refractivity contribution in [3.8, 4) is 0 Å². The van der Waals surface area contributed by atoms with Gasteiger partial charge in [0.15, 0.2) is 0 Å². The molecular formula is C14H13O2S+. The first-order valence-corrected chi connectivity index (χ1v) is 6.69. The summed E-state index contributed by atoms with van der Waals surface area (Å²) in [5.41, 5.74) is 2.20. The van der Waals surface area contributed by atoms with E-state index in [1.54, 1.807) is 0 Å². The molecule has 1 unspecified atom stereocenters. The molecule has 86 valence electrons. The molecule has 0 fully saturated rings. The summed E-state index contributed by atoms with van der Waals surface area (Å²) >= 11 is -0.337. The Hall–Kier alpha value is -1.29. The van der Waals surface area contributed by atoms with E-state index in [-0.39, 0.29) is 17.8 Å². The minimum absolute atomic E-state index is 0.0607. The summed E-state index contributed by atoms with van der Waals surface area (Å²) in [7, 11) is 0. The first-order valence-electron chi connectivity index (χ1n) is 5.54. The van der Waals surface area contributed by atoms with Gasteiger partial charge in [0.05, 0.1) is 6.61 Å². The Balaban J connectivity index is 2.07. The molecule has 0 aromatic heterocycles. The van der Waals surface area contributed by atoms with Crippen LogP contribution in [0.5, 0.6) is 0 Å². The van der Waals surface area contributed by atoms with Crippen LogP contribution in [0.25, 0.3) is 0 Å². The number of hydrogen-bond donors (Lipinski definition) is 1. The van der Waals surface area contributed by atoms with Gasteiger partial charge in [0.2, 0.25) is 21.0 Å².